The van der Waals surface area contributed by atoms with Crippen LogP contribution in [0.15, 0.2) is 48.5 Å². The number of likely N-dealkylation sites (tertiary alicyclic amines) is 1. The van der Waals surface area contributed by atoms with E-state index in [1.165, 1.54) is 23.5 Å². The Morgan fingerprint density at radius 1 is 1.17 bits per heavy atom. The summed E-state index contributed by atoms with van der Waals surface area (Å²) >= 11 is 2.98. The molecule has 1 atom stereocenters. The lowest BCUT2D eigenvalue weighted by Crippen LogP contribution is -2.32. The van der Waals surface area contributed by atoms with Gasteiger partial charge in [0.1, 0.15) is 11.5 Å². The summed E-state index contributed by atoms with van der Waals surface area (Å²) in [6, 6.07) is 14.6. The minimum absolute atomic E-state index is 0.0334. The lowest BCUT2D eigenvalue weighted by atomic mass is 10.1. The molecule has 1 amide bonds. The van der Waals surface area contributed by atoms with Crippen molar-refractivity contribution in [2.75, 3.05) is 18.4 Å². The van der Waals surface area contributed by atoms with Gasteiger partial charge in [0.05, 0.1) is 20.1 Å². The van der Waals surface area contributed by atoms with E-state index >= 15 is 0 Å². The van der Waals surface area contributed by atoms with Gasteiger partial charge in [-0.05, 0) is 37.1 Å². The molecule has 1 unspecified atom stereocenters. The maximum absolute atomic E-state index is 13.4. The first-order valence-electron chi connectivity index (χ1n) is 9.71. The summed E-state index contributed by atoms with van der Waals surface area (Å²) in [7, 11) is 0. The minimum atomic E-state index is -0.261. The number of carbonyl (C=O) groups is 1. The monoisotopic (exact) mass is 438 g/mol. The van der Waals surface area contributed by atoms with E-state index in [0.717, 1.165) is 37.2 Å². The number of hydrogen-bond acceptors (Lipinski definition) is 6. The summed E-state index contributed by atoms with van der Waals surface area (Å²) in [6.07, 6.45) is 0.833. The van der Waals surface area contributed by atoms with Gasteiger partial charge in [0.2, 0.25) is 0 Å². The summed E-state index contributed by atoms with van der Waals surface area (Å²) < 4.78 is 14.2. The van der Waals surface area contributed by atoms with E-state index in [9.17, 15) is 9.18 Å². The molecule has 0 bridgehead atoms. The van der Waals surface area contributed by atoms with E-state index in [2.05, 4.69) is 15.3 Å². The highest BCUT2D eigenvalue weighted by atomic mass is 32.1. The number of hydrogen-bond donors (Lipinski definition) is 1. The Kier molecular flexibility index (Phi) is 4.96. The van der Waals surface area contributed by atoms with Gasteiger partial charge in [0.25, 0.3) is 5.91 Å². The van der Waals surface area contributed by atoms with Crippen LogP contribution in [-0.4, -0.2) is 39.9 Å². The second-order valence-corrected chi connectivity index (χ2v) is 9.52. The number of benzene rings is 2. The third kappa shape index (κ3) is 3.68. The summed E-state index contributed by atoms with van der Waals surface area (Å²) in [5.41, 5.74) is 2.32. The number of anilines is 1. The number of carbonyl (C=O) groups excluding carboxylic acids is 1. The highest BCUT2D eigenvalue weighted by Gasteiger charge is 2.30. The predicted octanol–water partition coefficient (Wildman–Crippen LogP) is 5.19. The van der Waals surface area contributed by atoms with Crippen LogP contribution in [0.5, 0.6) is 0 Å². The molecule has 1 saturated heterocycles. The van der Waals surface area contributed by atoms with E-state index < -0.39 is 0 Å². The molecule has 1 fully saturated rings. The van der Waals surface area contributed by atoms with Gasteiger partial charge >= 0.3 is 0 Å². The van der Waals surface area contributed by atoms with Crippen LogP contribution >= 0.6 is 22.7 Å². The summed E-state index contributed by atoms with van der Waals surface area (Å²) in [6.45, 7) is 3.19. The van der Waals surface area contributed by atoms with Crippen molar-refractivity contribution >= 4 is 43.9 Å². The molecular weight excluding hydrogens is 419 g/mol. The number of aryl methyl sites for hydroxylation is 1. The number of amides is 1. The number of thiazole rings is 2. The number of nitrogens with zero attached hydrogens (tertiary/aromatic N) is 3. The van der Waals surface area contributed by atoms with Gasteiger partial charge in [-0.15, -0.1) is 11.3 Å². The van der Waals surface area contributed by atoms with Crippen molar-refractivity contribution in [2.24, 2.45) is 0 Å². The predicted molar refractivity (Wildman–Crippen MR) is 120 cm³/mol. The molecule has 5 rings (SSSR count). The van der Waals surface area contributed by atoms with Crippen LogP contribution in [0.1, 0.15) is 21.9 Å². The molecule has 5 nitrogen and oxygen atoms in total. The summed E-state index contributed by atoms with van der Waals surface area (Å²) in [5.74, 6) is -0.294. The molecule has 152 valence electrons. The first-order valence-corrected chi connectivity index (χ1v) is 11.3. The van der Waals surface area contributed by atoms with Crippen LogP contribution in [-0.2, 0) is 0 Å². The number of nitrogens with one attached hydrogen (secondary N) is 1. The molecule has 2 aromatic heterocycles. The van der Waals surface area contributed by atoms with E-state index in [4.69, 9.17) is 0 Å². The van der Waals surface area contributed by atoms with Crippen molar-refractivity contribution in [3.63, 3.8) is 0 Å². The molecule has 4 aromatic rings. The molecule has 30 heavy (non-hydrogen) atoms. The average Bonchev–Trinajstić information content (AvgIpc) is 3.46. The molecule has 1 aliphatic heterocycles. The van der Waals surface area contributed by atoms with Gasteiger partial charge in [0, 0.05) is 19.1 Å². The Hall–Kier alpha value is -2.84. The fourth-order valence-electron chi connectivity index (χ4n) is 3.70. The molecule has 2 aromatic carbocycles. The Bertz CT molecular complexity index is 1220. The van der Waals surface area contributed by atoms with Crippen LogP contribution in [0.2, 0.25) is 0 Å². The molecule has 0 spiro atoms. The topological polar surface area (TPSA) is 58.1 Å². The van der Waals surface area contributed by atoms with Crippen molar-refractivity contribution in [2.45, 2.75) is 19.4 Å². The van der Waals surface area contributed by atoms with Crippen LogP contribution in [0, 0.1) is 12.7 Å². The van der Waals surface area contributed by atoms with Crippen LogP contribution in [0.4, 0.5) is 9.52 Å². The zero-order valence-electron chi connectivity index (χ0n) is 16.3. The second kappa shape index (κ2) is 7.77. The van der Waals surface area contributed by atoms with Crippen molar-refractivity contribution in [3.05, 3.63) is 65.0 Å². The first kappa shape index (κ1) is 19.1. The molecule has 3 heterocycles. The first-order chi connectivity index (χ1) is 14.6. The molecule has 8 heteroatoms. The quantitative estimate of drug-likeness (QED) is 0.476. The van der Waals surface area contributed by atoms with Crippen molar-refractivity contribution in [1.82, 2.24) is 14.9 Å². The zero-order valence-corrected chi connectivity index (χ0v) is 17.9. The van der Waals surface area contributed by atoms with Crippen LogP contribution < -0.4 is 5.32 Å². The summed E-state index contributed by atoms with van der Waals surface area (Å²) in [5, 5.41) is 5.05. The fraction of sp³-hybridized carbons (Fsp3) is 0.227. The number of fused-ring (bicyclic) bond motifs is 1. The Morgan fingerprint density at radius 2 is 2.00 bits per heavy atom. The third-order valence-corrected chi connectivity index (χ3v) is 7.10. The van der Waals surface area contributed by atoms with E-state index in [-0.39, 0.29) is 17.8 Å². The molecule has 1 aliphatic rings. The van der Waals surface area contributed by atoms with Crippen LogP contribution in [0.3, 0.4) is 0 Å². The molecule has 1 N–H and O–H groups in total. The van der Waals surface area contributed by atoms with Gasteiger partial charge in [-0.25, -0.2) is 14.4 Å². The Balaban J connectivity index is 1.32. The molecule has 0 radical (unpaired) electrons. The van der Waals surface area contributed by atoms with E-state index in [1.54, 1.807) is 17.4 Å². The zero-order chi connectivity index (χ0) is 20.7. The lowest BCUT2D eigenvalue weighted by molar-refractivity contribution is 0.0787. The van der Waals surface area contributed by atoms with Gasteiger partial charge in [-0.3, -0.25) is 4.79 Å². The van der Waals surface area contributed by atoms with Crippen molar-refractivity contribution in [1.29, 1.82) is 0 Å². The second-order valence-electron chi connectivity index (χ2n) is 7.29. The van der Waals surface area contributed by atoms with Crippen molar-refractivity contribution < 1.29 is 9.18 Å². The van der Waals surface area contributed by atoms with Crippen molar-refractivity contribution in [3.8, 4) is 10.4 Å². The third-order valence-electron chi connectivity index (χ3n) is 5.13. The Morgan fingerprint density at radius 3 is 2.83 bits per heavy atom. The lowest BCUT2D eigenvalue weighted by Gasteiger charge is -2.16. The van der Waals surface area contributed by atoms with Gasteiger partial charge in [-0.2, -0.15) is 0 Å². The minimum Gasteiger partial charge on any atom is -0.357 e. The Labute approximate surface area is 181 Å². The van der Waals surface area contributed by atoms with E-state index in [0.29, 0.717) is 18.8 Å². The maximum Gasteiger partial charge on any atom is 0.274 e. The fourth-order valence-corrected chi connectivity index (χ4v) is 5.59. The molecule has 0 saturated carbocycles. The summed E-state index contributed by atoms with van der Waals surface area (Å²) in [4.78, 5) is 25.1. The average molecular weight is 439 g/mol. The smallest absolute Gasteiger partial charge is 0.274 e. The SMILES string of the molecule is Cc1nc(C(=O)N2CCC(Nc3nc4ccc(F)cc4s3)C2)c(-c2ccccc2)s1. The highest BCUT2D eigenvalue weighted by Crippen LogP contribution is 2.32. The standard InChI is InChI=1S/C22H19FN4OS2/c1-13-24-19(20(29-13)14-5-3-2-4-6-14)21(28)27-10-9-16(12-27)25-22-26-17-8-7-15(23)11-18(17)30-22/h2-8,11,16H,9-10,12H2,1H3,(H,25,26). The highest BCUT2D eigenvalue weighted by molar-refractivity contribution is 7.22. The van der Waals surface area contributed by atoms with Gasteiger partial charge in [-0.1, -0.05) is 41.7 Å². The normalized spacial score (nSPS) is 16.3. The molecular formula is C22H19FN4OS2. The number of rotatable bonds is 4. The number of aromatic nitrogens is 2. The largest absolute Gasteiger partial charge is 0.357 e. The molecule has 0 aliphatic carbocycles. The van der Waals surface area contributed by atoms with E-state index in [1.807, 2.05) is 42.2 Å². The van der Waals surface area contributed by atoms with Gasteiger partial charge < -0.3 is 10.2 Å². The maximum atomic E-state index is 13.4. The van der Waals surface area contributed by atoms with Crippen LogP contribution in [0.25, 0.3) is 20.7 Å². The van der Waals surface area contributed by atoms with Gasteiger partial charge in [0.15, 0.2) is 5.13 Å². The number of halogens is 1.